The largest absolute Gasteiger partial charge is 0.394 e. The SMILES string of the molecule is O=C(NCc1ncccc1-c1ccc(F)cc1)c1ccc2nn(CCO)c(=O)n2c1. The van der Waals surface area contributed by atoms with Crippen molar-refractivity contribution in [1.29, 1.82) is 0 Å². The van der Waals surface area contributed by atoms with E-state index < -0.39 is 5.69 Å². The summed E-state index contributed by atoms with van der Waals surface area (Å²) in [4.78, 5) is 29.2. The quantitative estimate of drug-likeness (QED) is 0.506. The van der Waals surface area contributed by atoms with Gasteiger partial charge in [-0.25, -0.2) is 18.3 Å². The maximum absolute atomic E-state index is 13.2. The van der Waals surface area contributed by atoms with E-state index in [9.17, 15) is 14.0 Å². The number of carbonyl (C=O) groups excluding carboxylic acids is 1. The number of aliphatic hydroxyl groups is 1. The molecule has 30 heavy (non-hydrogen) atoms. The van der Waals surface area contributed by atoms with Crippen LogP contribution in [-0.2, 0) is 13.1 Å². The van der Waals surface area contributed by atoms with Gasteiger partial charge in [0.1, 0.15) is 5.82 Å². The van der Waals surface area contributed by atoms with Gasteiger partial charge in [0.15, 0.2) is 5.65 Å². The molecule has 0 spiro atoms. The van der Waals surface area contributed by atoms with Crippen molar-refractivity contribution in [2.45, 2.75) is 13.1 Å². The van der Waals surface area contributed by atoms with Crippen LogP contribution >= 0.6 is 0 Å². The Morgan fingerprint density at radius 2 is 1.93 bits per heavy atom. The predicted octanol–water partition coefficient (Wildman–Crippen LogP) is 1.62. The molecule has 0 saturated carbocycles. The third-order valence-electron chi connectivity index (χ3n) is 4.61. The van der Waals surface area contributed by atoms with E-state index >= 15 is 0 Å². The van der Waals surface area contributed by atoms with Gasteiger partial charge in [-0.2, -0.15) is 0 Å². The molecule has 0 fully saturated rings. The molecule has 4 rings (SSSR count). The number of nitrogens with one attached hydrogen (secondary N) is 1. The second-order valence-electron chi connectivity index (χ2n) is 6.56. The second-order valence-corrected chi connectivity index (χ2v) is 6.56. The van der Waals surface area contributed by atoms with Crippen molar-refractivity contribution in [3.05, 3.63) is 88.5 Å². The number of carbonyl (C=O) groups is 1. The summed E-state index contributed by atoms with van der Waals surface area (Å²) in [5, 5.41) is 15.9. The van der Waals surface area contributed by atoms with E-state index in [1.165, 1.54) is 22.7 Å². The number of halogens is 1. The molecule has 9 heteroatoms. The zero-order valence-corrected chi connectivity index (χ0v) is 15.8. The lowest BCUT2D eigenvalue weighted by atomic mass is 10.0. The Hall–Kier alpha value is -3.85. The summed E-state index contributed by atoms with van der Waals surface area (Å²) in [6, 6.07) is 12.8. The van der Waals surface area contributed by atoms with Crippen molar-refractivity contribution in [3.8, 4) is 11.1 Å². The fourth-order valence-corrected chi connectivity index (χ4v) is 3.13. The van der Waals surface area contributed by atoms with Crippen LogP contribution in [0, 0.1) is 5.82 Å². The summed E-state index contributed by atoms with van der Waals surface area (Å²) >= 11 is 0. The monoisotopic (exact) mass is 407 g/mol. The molecule has 0 atom stereocenters. The summed E-state index contributed by atoms with van der Waals surface area (Å²) in [5.74, 6) is -0.708. The van der Waals surface area contributed by atoms with Gasteiger partial charge in [0.25, 0.3) is 5.91 Å². The molecule has 4 aromatic rings. The molecular formula is C21H18FN5O3. The van der Waals surface area contributed by atoms with Crippen molar-refractivity contribution in [3.63, 3.8) is 0 Å². The minimum atomic E-state index is -0.433. The van der Waals surface area contributed by atoms with Crippen molar-refractivity contribution in [2.75, 3.05) is 6.61 Å². The number of amides is 1. The van der Waals surface area contributed by atoms with Gasteiger partial charge in [0.05, 0.1) is 31.0 Å². The molecule has 2 N–H and O–H groups in total. The van der Waals surface area contributed by atoms with Crippen LogP contribution in [0.5, 0.6) is 0 Å². The van der Waals surface area contributed by atoms with Crippen LogP contribution in [0.2, 0.25) is 0 Å². The molecule has 0 radical (unpaired) electrons. The average molecular weight is 407 g/mol. The van der Waals surface area contributed by atoms with E-state index in [-0.39, 0.29) is 37.0 Å². The van der Waals surface area contributed by atoms with Crippen LogP contribution in [-0.4, -0.2) is 36.8 Å². The minimum absolute atomic E-state index is 0.0773. The molecule has 152 valence electrons. The molecule has 0 saturated heterocycles. The molecule has 0 aliphatic rings. The Balaban J connectivity index is 1.55. The lowest BCUT2D eigenvalue weighted by Gasteiger charge is -2.10. The summed E-state index contributed by atoms with van der Waals surface area (Å²) in [5.41, 5.74) is 2.44. The van der Waals surface area contributed by atoms with E-state index in [2.05, 4.69) is 15.4 Å². The Kier molecular flexibility index (Phi) is 5.36. The van der Waals surface area contributed by atoms with Gasteiger partial charge in [-0.1, -0.05) is 18.2 Å². The number of fused-ring (bicyclic) bond motifs is 1. The fraction of sp³-hybridized carbons (Fsp3) is 0.143. The van der Waals surface area contributed by atoms with Gasteiger partial charge in [0, 0.05) is 18.0 Å². The van der Waals surface area contributed by atoms with Crippen LogP contribution < -0.4 is 11.0 Å². The third kappa shape index (κ3) is 3.83. The summed E-state index contributed by atoms with van der Waals surface area (Å²) in [6.07, 6.45) is 3.03. The molecular weight excluding hydrogens is 389 g/mol. The number of rotatable bonds is 6. The second kappa shape index (κ2) is 8.26. The first kappa shape index (κ1) is 19.5. The normalized spacial score (nSPS) is 11.0. The fourth-order valence-electron chi connectivity index (χ4n) is 3.13. The van der Waals surface area contributed by atoms with Crippen molar-refractivity contribution < 1.29 is 14.3 Å². The van der Waals surface area contributed by atoms with Gasteiger partial charge in [0.2, 0.25) is 0 Å². The van der Waals surface area contributed by atoms with E-state index in [4.69, 9.17) is 5.11 Å². The number of pyridine rings is 2. The Bertz CT molecular complexity index is 1260. The lowest BCUT2D eigenvalue weighted by Crippen LogP contribution is -2.25. The molecule has 3 heterocycles. The Morgan fingerprint density at radius 3 is 2.70 bits per heavy atom. The average Bonchev–Trinajstić information content (AvgIpc) is 3.08. The van der Waals surface area contributed by atoms with Gasteiger partial charge >= 0.3 is 5.69 Å². The van der Waals surface area contributed by atoms with Crippen LogP contribution in [0.15, 0.2) is 65.7 Å². The van der Waals surface area contributed by atoms with E-state index in [1.54, 1.807) is 36.5 Å². The first-order valence-corrected chi connectivity index (χ1v) is 9.25. The van der Waals surface area contributed by atoms with E-state index in [0.717, 1.165) is 15.8 Å². The number of aromatic nitrogens is 4. The van der Waals surface area contributed by atoms with Crippen LogP contribution in [0.3, 0.4) is 0 Å². The Morgan fingerprint density at radius 1 is 1.13 bits per heavy atom. The van der Waals surface area contributed by atoms with Gasteiger partial charge < -0.3 is 10.4 Å². The number of hydrogen-bond donors (Lipinski definition) is 2. The number of nitrogens with zero attached hydrogens (tertiary/aromatic N) is 4. The lowest BCUT2D eigenvalue weighted by molar-refractivity contribution is 0.0950. The van der Waals surface area contributed by atoms with Crippen LogP contribution in [0.25, 0.3) is 16.8 Å². The highest BCUT2D eigenvalue weighted by Crippen LogP contribution is 2.22. The molecule has 1 amide bonds. The zero-order chi connectivity index (χ0) is 21.1. The van der Waals surface area contributed by atoms with Gasteiger partial charge in [-0.15, -0.1) is 5.10 Å². The highest BCUT2D eigenvalue weighted by Gasteiger charge is 2.13. The number of benzene rings is 1. The zero-order valence-electron chi connectivity index (χ0n) is 15.8. The highest BCUT2D eigenvalue weighted by atomic mass is 19.1. The summed E-state index contributed by atoms with van der Waals surface area (Å²) in [6.45, 7) is 0.0224. The van der Waals surface area contributed by atoms with Crippen LogP contribution in [0.4, 0.5) is 4.39 Å². The highest BCUT2D eigenvalue weighted by molar-refractivity contribution is 5.94. The van der Waals surface area contributed by atoms with Crippen LogP contribution in [0.1, 0.15) is 16.1 Å². The van der Waals surface area contributed by atoms with Crippen molar-refractivity contribution in [2.24, 2.45) is 0 Å². The van der Waals surface area contributed by atoms with E-state index in [1.807, 2.05) is 6.07 Å². The molecule has 3 aromatic heterocycles. The standard InChI is InChI=1S/C21H18FN5O3/c22-16-6-3-14(4-7-16)17-2-1-9-23-18(17)12-24-20(29)15-5-8-19-25-27(10-11-28)21(30)26(19)13-15/h1-9,13,28H,10-12H2,(H,24,29). The topological polar surface area (TPSA) is 102 Å². The first-order chi connectivity index (χ1) is 14.6. The summed E-state index contributed by atoms with van der Waals surface area (Å²) < 4.78 is 15.6. The minimum Gasteiger partial charge on any atom is -0.394 e. The molecule has 1 aromatic carbocycles. The number of aliphatic hydroxyl groups excluding tert-OH is 1. The van der Waals surface area contributed by atoms with Crippen molar-refractivity contribution in [1.82, 2.24) is 24.5 Å². The molecule has 0 bridgehead atoms. The Labute approximate surface area is 170 Å². The molecule has 8 nitrogen and oxygen atoms in total. The third-order valence-corrected chi connectivity index (χ3v) is 4.61. The smallest absolute Gasteiger partial charge is 0.350 e. The number of hydrogen-bond acceptors (Lipinski definition) is 5. The maximum Gasteiger partial charge on any atom is 0.350 e. The van der Waals surface area contributed by atoms with Gasteiger partial charge in [-0.3, -0.25) is 9.78 Å². The maximum atomic E-state index is 13.2. The van der Waals surface area contributed by atoms with E-state index in [0.29, 0.717) is 11.3 Å². The van der Waals surface area contributed by atoms with Crippen molar-refractivity contribution >= 4 is 11.6 Å². The molecule has 0 aliphatic heterocycles. The molecule has 0 aliphatic carbocycles. The molecule has 0 unspecified atom stereocenters. The van der Waals surface area contributed by atoms with Gasteiger partial charge in [-0.05, 0) is 35.9 Å². The summed E-state index contributed by atoms with van der Waals surface area (Å²) in [7, 11) is 0. The first-order valence-electron chi connectivity index (χ1n) is 9.25. The predicted molar refractivity (Wildman–Crippen MR) is 107 cm³/mol.